The predicted octanol–water partition coefficient (Wildman–Crippen LogP) is 2.45. The van der Waals surface area contributed by atoms with Crippen LogP contribution in [0.4, 0.5) is 0 Å². The number of piperidine rings is 1. The van der Waals surface area contributed by atoms with Gasteiger partial charge < -0.3 is 9.67 Å². The van der Waals surface area contributed by atoms with Crippen LogP contribution in [0.1, 0.15) is 56.3 Å². The second kappa shape index (κ2) is 8.17. The SMILES string of the molecule is Cn1c(CN2CCCCCC2)cc(=O)c(O)c1CN1CCCCC1. The molecular weight excluding hydrogens is 302 g/mol. The molecule has 2 saturated heterocycles. The lowest BCUT2D eigenvalue weighted by molar-refractivity contribution is 0.211. The molecule has 0 bridgehead atoms. The molecule has 0 spiro atoms. The largest absolute Gasteiger partial charge is 0.503 e. The Balaban J connectivity index is 1.80. The Hall–Kier alpha value is -1.33. The van der Waals surface area contributed by atoms with Gasteiger partial charge in [-0.05, 0) is 51.9 Å². The van der Waals surface area contributed by atoms with Crippen molar-refractivity contribution in [1.82, 2.24) is 14.4 Å². The predicted molar refractivity (Wildman–Crippen MR) is 96.2 cm³/mol. The van der Waals surface area contributed by atoms with Gasteiger partial charge in [0.25, 0.3) is 0 Å². The van der Waals surface area contributed by atoms with Gasteiger partial charge in [-0.3, -0.25) is 14.6 Å². The lowest BCUT2D eigenvalue weighted by atomic mass is 10.1. The maximum Gasteiger partial charge on any atom is 0.223 e. The Morgan fingerprint density at radius 1 is 0.875 bits per heavy atom. The normalized spacial score (nSPS) is 20.9. The Morgan fingerprint density at radius 3 is 1.96 bits per heavy atom. The first kappa shape index (κ1) is 17.5. The summed E-state index contributed by atoms with van der Waals surface area (Å²) < 4.78 is 2.05. The second-order valence-corrected chi connectivity index (χ2v) is 7.38. The van der Waals surface area contributed by atoms with Crippen molar-refractivity contribution in [1.29, 1.82) is 0 Å². The first-order valence-electron chi connectivity index (χ1n) is 9.50. The Bertz CT molecular complexity index is 597. The standard InChI is InChI=1S/C19H31N3O2/c1-20-16(14-21-9-5-2-3-6-10-21)13-18(23)19(24)17(20)15-22-11-7-4-8-12-22/h13,24H,2-12,14-15H2,1H3. The van der Waals surface area contributed by atoms with Gasteiger partial charge in [0.1, 0.15) is 0 Å². The van der Waals surface area contributed by atoms with E-state index in [0.717, 1.165) is 44.1 Å². The summed E-state index contributed by atoms with van der Waals surface area (Å²) in [6, 6.07) is 1.62. The van der Waals surface area contributed by atoms with Crippen molar-refractivity contribution in [3.05, 3.63) is 27.7 Å². The molecule has 2 aliphatic heterocycles. The number of hydrogen-bond acceptors (Lipinski definition) is 4. The number of rotatable bonds is 4. The molecule has 0 saturated carbocycles. The molecule has 0 aromatic carbocycles. The van der Waals surface area contributed by atoms with Gasteiger partial charge in [-0.15, -0.1) is 0 Å². The zero-order chi connectivity index (χ0) is 16.9. The Morgan fingerprint density at radius 2 is 1.38 bits per heavy atom. The van der Waals surface area contributed by atoms with Gasteiger partial charge in [-0.1, -0.05) is 19.3 Å². The van der Waals surface area contributed by atoms with E-state index in [1.807, 2.05) is 7.05 Å². The van der Waals surface area contributed by atoms with Crippen LogP contribution in [0.15, 0.2) is 10.9 Å². The average molecular weight is 333 g/mol. The molecule has 0 aliphatic carbocycles. The lowest BCUT2D eigenvalue weighted by Gasteiger charge is -2.29. The summed E-state index contributed by atoms with van der Waals surface area (Å²) in [6.45, 7) is 5.81. The highest BCUT2D eigenvalue weighted by Crippen LogP contribution is 2.20. The molecule has 1 aromatic heterocycles. The minimum Gasteiger partial charge on any atom is -0.503 e. The quantitative estimate of drug-likeness (QED) is 0.919. The van der Waals surface area contributed by atoms with Crippen LogP contribution in [0.3, 0.4) is 0 Å². The average Bonchev–Trinajstić information content (AvgIpc) is 2.86. The summed E-state index contributed by atoms with van der Waals surface area (Å²) in [5, 5.41) is 10.3. The number of pyridine rings is 1. The van der Waals surface area contributed by atoms with Crippen molar-refractivity contribution < 1.29 is 5.11 Å². The van der Waals surface area contributed by atoms with E-state index in [9.17, 15) is 9.90 Å². The third kappa shape index (κ3) is 4.19. The summed E-state index contributed by atoms with van der Waals surface area (Å²) in [5.74, 6) is -0.0670. The van der Waals surface area contributed by atoms with E-state index in [2.05, 4.69) is 14.4 Å². The Kier molecular flexibility index (Phi) is 5.95. The van der Waals surface area contributed by atoms with Gasteiger partial charge in [-0.2, -0.15) is 0 Å². The molecule has 1 N–H and O–H groups in total. The number of hydrogen-bond donors (Lipinski definition) is 1. The highest BCUT2D eigenvalue weighted by atomic mass is 16.3. The summed E-state index contributed by atoms with van der Waals surface area (Å²) in [6.07, 6.45) is 8.82. The van der Waals surface area contributed by atoms with Crippen LogP contribution in [-0.2, 0) is 20.1 Å². The molecule has 5 heteroatoms. The highest BCUT2D eigenvalue weighted by molar-refractivity contribution is 5.30. The van der Waals surface area contributed by atoms with Gasteiger partial charge in [0, 0.05) is 31.9 Å². The summed E-state index contributed by atoms with van der Waals surface area (Å²) in [5.41, 5.74) is 1.56. The van der Waals surface area contributed by atoms with Gasteiger partial charge in [0.15, 0.2) is 5.75 Å². The van der Waals surface area contributed by atoms with Gasteiger partial charge in [0.05, 0.1) is 5.69 Å². The van der Waals surface area contributed by atoms with Crippen molar-refractivity contribution in [2.75, 3.05) is 26.2 Å². The first-order chi connectivity index (χ1) is 11.6. The van der Waals surface area contributed by atoms with Crippen molar-refractivity contribution in [3.8, 4) is 5.75 Å². The van der Waals surface area contributed by atoms with Crippen molar-refractivity contribution in [2.24, 2.45) is 7.05 Å². The van der Waals surface area contributed by atoms with Gasteiger partial charge in [-0.25, -0.2) is 0 Å². The summed E-state index contributed by atoms with van der Waals surface area (Å²) in [7, 11) is 1.99. The smallest absolute Gasteiger partial charge is 0.223 e. The molecule has 134 valence electrons. The van der Waals surface area contributed by atoms with Crippen LogP contribution in [-0.4, -0.2) is 45.7 Å². The molecule has 2 aliphatic rings. The van der Waals surface area contributed by atoms with Crippen molar-refractivity contribution in [2.45, 2.75) is 58.0 Å². The molecule has 24 heavy (non-hydrogen) atoms. The van der Waals surface area contributed by atoms with Gasteiger partial charge >= 0.3 is 0 Å². The van der Waals surface area contributed by atoms with E-state index >= 15 is 0 Å². The minimum absolute atomic E-state index is 0.0670. The first-order valence-corrected chi connectivity index (χ1v) is 9.50. The van der Waals surface area contributed by atoms with E-state index in [-0.39, 0.29) is 11.2 Å². The fourth-order valence-corrected chi connectivity index (χ4v) is 3.98. The third-order valence-electron chi connectivity index (χ3n) is 5.55. The van der Waals surface area contributed by atoms with E-state index < -0.39 is 0 Å². The topological polar surface area (TPSA) is 48.7 Å². The summed E-state index contributed by atoms with van der Waals surface area (Å²) >= 11 is 0. The molecule has 2 fully saturated rings. The molecule has 0 atom stereocenters. The summed E-state index contributed by atoms with van der Waals surface area (Å²) in [4.78, 5) is 17.1. The zero-order valence-corrected chi connectivity index (χ0v) is 15.0. The number of nitrogens with zero attached hydrogens (tertiary/aromatic N) is 3. The fourth-order valence-electron chi connectivity index (χ4n) is 3.98. The zero-order valence-electron chi connectivity index (χ0n) is 15.0. The minimum atomic E-state index is -0.232. The van der Waals surface area contributed by atoms with Gasteiger partial charge in [0.2, 0.25) is 5.43 Å². The number of likely N-dealkylation sites (tertiary alicyclic amines) is 2. The maximum absolute atomic E-state index is 12.3. The van der Waals surface area contributed by atoms with Crippen LogP contribution < -0.4 is 5.43 Å². The molecular formula is C19H31N3O2. The number of aromatic hydroxyl groups is 1. The monoisotopic (exact) mass is 333 g/mol. The second-order valence-electron chi connectivity index (χ2n) is 7.38. The van der Waals surface area contributed by atoms with Crippen LogP contribution in [0.25, 0.3) is 0 Å². The molecule has 3 rings (SSSR count). The molecule has 0 unspecified atom stereocenters. The maximum atomic E-state index is 12.3. The molecule has 0 radical (unpaired) electrons. The van der Waals surface area contributed by atoms with Crippen LogP contribution in [0, 0.1) is 0 Å². The molecule has 0 amide bonds. The lowest BCUT2D eigenvalue weighted by Crippen LogP contribution is -2.32. The van der Waals surface area contributed by atoms with Crippen molar-refractivity contribution >= 4 is 0 Å². The third-order valence-corrected chi connectivity index (χ3v) is 5.55. The van der Waals surface area contributed by atoms with Crippen LogP contribution in [0.5, 0.6) is 5.75 Å². The Labute approximate surface area is 144 Å². The van der Waals surface area contributed by atoms with Crippen LogP contribution in [0.2, 0.25) is 0 Å². The van der Waals surface area contributed by atoms with Crippen LogP contribution >= 0.6 is 0 Å². The van der Waals surface area contributed by atoms with E-state index in [1.165, 1.54) is 44.9 Å². The van der Waals surface area contributed by atoms with E-state index in [1.54, 1.807) is 6.07 Å². The fraction of sp³-hybridized carbons (Fsp3) is 0.737. The molecule has 3 heterocycles. The highest BCUT2D eigenvalue weighted by Gasteiger charge is 2.19. The van der Waals surface area contributed by atoms with Crippen molar-refractivity contribution in [3.63, 3.8) is 0 Å². The molecule has 1 aromatic rings. The number of aromatic nitrogens is 1. The van der Waals surface area contributed by atoms with E-state index in [4.69, 9.17) is 0 Å². The molecule has 5 nitrogen and oxygen atoms in total. The van der Waals surface area contributed by atoms with E-state index in [0.29, 0.717) is 6.54 Å².